The van der Waals surface area contributed by atoms with Gasteiger partial charge in [0.25, 0.3) is 0 Å². The standard InChI is InChI=1S/C6H12O.C5H8N2/c1-5(7)6(2,3)4;1-4-3-5(2)7-6-4/h1-4H3;3H,1-2H3,(H,6,7). The summed E-state index contributed by atoms with van der Waals surface area (Å²) >= 11 is 0. The normalized spacial score (nSPS) is 10.4. The number of hydrogen-bond acceptors (Lipinski definition) is 2. The fourth-order valence-corrected chi connectivity index (χ4v) is 0.554. The summed E-state index contributed by atoms with van der Waals surface area (Å²) in [5.41, 5.74) is 2.04. The second-order valence-electron chi connectivity index (χ2n) is 4.50. The van der Waals surface area contributed by atoms with Crippen molar-refractivity contribution in [2.45, 2.75) is 41.5 Å². The van der Waals surface area contributed by atoms with Crippen LogP contribution in [0.1, 0.15) is 39.1 Å². The van der Waals surface area contributed by atoms with E-state index in [1.807, 2.05) is 40.7 Å². The lowest BCUT2D eigenvalue weighted by atomic mass is 9.92. The van der Waals surface area contributed by atoms with Crippen molar-refractivity contribution in [3.63, 3.8) is 0 Å². The maximum Gasteiger partial charge on any atom is 0.135 e. The van der Waals surface area contributed by atoms with E-state index in [1.54, 1.807) is 6.92 Å². The molecule has 80 valence electrons. The maximum atomic E-state index is 10.5. The van der Waals surface area contributed by atoms with Gasteiger partial charge in [-0.3, -0.25) is 9.89 Å². The van der Waals surface area contributed by atoms with Crippen LogP contribution in [0.4, 0.5) is 0 Å². The number of aromatic nitrogens is 2. The van der Waals surface area contributed by atoms with Crippen molar-refractivity contribution in [1.82, 2.24) is 10.2 Å². The molecule has 3 heteroatoms. The highest BCUT2D eigenvalue weighted by Gasteiger charge is 2.14. The summed E-state index contributed by atoms with van der Waals surface area (Å²) in [6.07, 6.45) is 0. The molecule has 1 N–H and O–H groups in total. The fraction of sp³-hybridized carbons (Fsp3) is 0.636. The van der Waals surface area contributed by atoms with Gasteiger partial charge in [-0.15, -0.1) is 0 Å². The first-order valence-electron chi connectivity index (χ1n) is 4.73. The van der Waals surface area contributed by atoms with Crippen LogP contribution in [0.25, 0.3) is 0 Å². The van der Waals surface area contributed by atoms with Gasteiger partial charge in [-0.05, 0) is 26.8 Å². The number of carbonyl (C=O) groups excluding carboxylic acids is 1. The second kappa shape index (κ2) is 4.94. The van der Waals surface area contributed by atoms with Gasteiger partial charge in [-0.25, -0.2) is 0 Å². The van der Waals surface area contributed by atoms with E-state index < -0.39 is 0 Å². The second-order valence-corrected chi connectivity index (χ2v) is 4.50. The van der Waals surface area contributed by atoms with Crippen molar-refractivity contribution >= 4 is 5.78 Å². The zero-order chi connectivity index (χ0) is 11.4. The van der Waals surface area contributed by atoms with E-state index in [1.165, 1.54) is 0 Å². The summed E-state index contributed by atoms with van der Waals surface area (Å²) in [7, 11) is 0. The van der Waals surface area contributed by atoms with Crippen LogP contribution >= 0.6 is 0 Å². The van der Waals surface area contributed by atoms with Crippen molar-refractivity contribution in [2.75, 3.05) is 0 Å². The van der Waals surface area contributed by atoms with E-state index in [0.717, 1.165) is 11.4 Å². The Morgan fingerprint density at radius 2 is 1.79 bits per heavy atom. The van der Waals surface area contributed by atoms with E-state index in [-0.39, 0.29) is 11.2 Å². The van der Waals surface area contributed by atoms with Crippen LogP contribution < -0.4 is 0 Å². The van der Waals surface area contributed by atoms with Gasteiger partial charge < -0.3 is 0 Å². The molecule has 3 nitrogen and oxygen atoms in total. The number of H-pyrrole nitrogens is 1. The molecule has 0 aromatic carbocycles. The molecule has 0 bridgehead atoms. The lowest BCUT2D eigenvalue weighted by Crippen LogP contribution is -2.15. The molecule has 1 aromatic heterocycles. The Hall–Kier alpha value is -1.12. The monoisotopic (exact) mass is 196 g/mol. The van der Waals surface area contributed by atoms with Crippen molar-refractivity contribution < 1.29 is 4.79 Å². The van der Waals surface area contributed by atoms with Gasteiger partial charge in [0.2, 0.25) is 0 Å². The number of Topliss-reactive ketones (excluding diaryl/α,β-unsaturated/α-hetero) is 1. The highest BCUT2D eigenvalue weighted by Crippen LogP contribution is 2.12. The molecule has 0 fully saturated rings. The number of rotatable bonds is 0. The molecular weight excluding hydrogens is 176 g/mol. The molecule has 1 heterocycles. The summed E-state index contributed by atoms with van der Waals surface area (Å²) < 4.78 is 0. The van der Waals surface area contributed by atoms with Crippen LogP contribution in [0.15, 0.2) is 6.07 Å². The minimum Gasteiger partial charge on any atom is -0.299 e. The third kappa shape index (κ3) is 5.51. The molecule has 1 rings (SSSR count). The third-order valence-electron chi connectivity index (χ3n) is 1.89. The van der Waals surface area contributed by atoms with Crippen molar-refractivity contribution in [2.24, 2.45) is 5.41 Å². The Labute approximate surface area is 85.9 Å². The Kier molecular flexibility index (Phi) is 4.54. The lowest BCUT2D eigenvalue weighted by Gasteiger charge is -2.11. The smallest absolute Gasteiger partial charge is 0.135 e. The van der Waals surface area contributed by atoms with Gasteiger partial charge in [0.1, 0.15) is 5.78 Å². The maximum absolute atomic E-state index is 10.5. The van der Waals surface area contributed by atoms with Gasteiger partial charge in [0, 0.05) is 11.1 Å². The molecule has 0 amide bonds. The first-order valence-corrected chi connectivity index (χ1v) is 4.73. The molecule has 0 saturated carbocycles. The predicted molar refractivity (Wildman–Crippen MR) is 58.2 cm³/mol. The van der Waals surface area contributed by atoms with E-state index >= 15 is 0 Å². The van der Waals surface area contributed by atoms with Crippen LogP contribution in [-0.2, 0) is 4.79 Å². The average Bonchev–Trinajstić information content (AvgIpc) is 2.33. The van der Waals surface area contributed by atoms with Crippen LogP contribution in [0.3, 0.4) is 0 Å². The van der Waals surface area contributed by atoms with Crippen LogP contribution in [-0.4, -0.2) is 16.0 Å². The van der Waals surface area contributed by atoms with Gasteiger partial charge >= 0.3 is 0 Å². The van der Waals surface area contributed by atoms with Crippen LogP contribution in [0, 0.1) is 19.3 Å². The number of hydrogen-bond donors (Lipinski definition) is 1. The zero-order valence-corrected chi connectivity index (χ0v) is 9.93. The molecule has 0 unspecified atom stereocenters. The molecule has 0 atom stereocenters. The molecule has 1 aromatic rings. The fourth-order valence-electron chi connectivity index (χ4n) is 0.554. The molecule has 0 aliphatic carbocycles. The molecule has 0 spiro atoms. The van der Waals surface area contributed by atoms with E-state index in [9.17, 15) is 4.79 Å². The minimum atomic E-state index is -0.139. The van der Waals surface area contributed by atoms with E-state index in [4.69, 9.17) is 0 Å². The first kappa shape index (κ1) is 12.9. The largest absolute Gasteiger partial charge is 0.299 e. The molecule has 0 radical (unpaired) electrons. The van der Waals surface area contributed by atoms with Crippen molar-refractivity contribution in [3.05, 3.63) is 17.5 Å². The summed E-state index contributed by atoms with van der Waals surface area (Å²) in [5, 5.41) is 6.71. The number of nitrogens with zero attached hydrogens (tertiary/aromatic N) is 1. The van der Waals surface area contributed by atoms with Gasteiger partial charge in [-0.2, -0.15) is 5.10 Å². The lowest BCUT2D eigenvalue weighted by molar-refractivity contribution is -0.124. The zero-order valence-electron chi connectivity index (χ0n) is 9.93. The SMILES string of the molecule is CC(=O)C(C)(C)C.Cc1cc(C)[nH]n1. The Bertz CT molecular complexity index is 278. The summed E-state index contributed by atoms with van der Waals surface area (Å²) in [6.45, 7) is 11.3. The summed E-state index contributed by atoms with van der Waals surface area (Å²) in [6, 6.07) is 2.00. The number of ketones is 1. The topological polar surface area (TPSA) is 45.8 Å². The number of aryl methyl sites for hydroxylation is 2. The molecule has 0 aliphatic heterocycles. The van der Waals surface area contributed by atoms with Crippen LogP contribution in [0.5, 0.6) is 0 Å². The number of carbonyl (C=O) groups is 1. The van der Waals surface area contributed by atoms with Crippen LogP contribution in [0.2, 0.25) is 0 Å². The first-order chi connectivity index (χ1) is 6.23. The molecule has 0 saturated heterocycles. The highest BCUT2D eigenvalue weighted by atomic mass is 16.1. The van der Waals surface area contributed by atoms with Crippen molar-refractivity contribution in [1.29, 1.82) is 0 Å². The highest BCUT2D eigenvalue weighted by molar-refractivity contribution is 5.80. The average molecular weight is 196 g/mol. The quantitative estimate of drug-likeness (QED) is 0.693. The van der Waals surface area contributed by atoms with E-state index in [2.05, 4.69) is 10.2 Å². The molecule has 14 heavy (non-hydrogen) atoms. The van der Waals surface area contributed by atoms with Crippen molar-refractivity contribution in [3.8, 4) is 0 Å². The summed E-state index contributed by atoms with van der Waals surface area (Å²) in [5.74, 6) is 0.243. The van der Waals surface area contributed by atoms with Gasteiger partial charge in [0.15, 0.2) is 0 Å². The molecule has 0 aliphatic rings. The predicted octanol–water partition coefficient (Wildman–Crippen LogP) is 2.65. The van der Waals surface area contributed by atoms with Gasteiger partial charge in [0.05, 0.1) is 5.69 Å². The molecular formula is C11H20N2O. The Morgan fingerprint density at radius 3 is 1.86 bits per heavy atom. The minimum absolute atomic E-state index is 0.139. The number of aromatic amines is 1. The Morgan fingerprint density at radius 1 is 1.36 bits per heavy atom. The Balaban J connectivity index is 0.000000241. The summed E-state index contributed by atoms with van der Waals surface area (Å²) in [4.78, 5) is 10.5. The van der Waals surface area contributed by atoms with E-state index in [0.29, 0.717) is 0 Å². The number of nitrogens with one attached hydrogen (secondary N) is 1. The third-order valence-corrected chi connectivity index (χ3v) is 1.89. The van der Waals surface area contributed by atoms with Gasteiger partial charge in [-0.1, -0.05) is 20.8 Å².